The molecule has 0 saturated carbocycles. The van der Waals surface area contributed by atoms with Crippen molar-refractivity contribution in [2.24, 2.45) is 39.4 Å². The third-order valence-corrected chi connectivity index (χ3v) is 4.19. The molecule has 13 heteroatoms. The highest BCUT2D eigenvalue weighted by atomic mass is 16.4. The Labute approximate surface area is 199 Å². The lowest BCUT2D eigenvalue weighted by Crippen LogP contribution is -2.32. The second-order valence-corrected chi connectivity index (χ2v) is 7.26. The molecule has 0 fully saturated rings. The molecule has 0 saturated heterocycles. The van der Waals surface area contributed by atoms with E-state index in [4.69, 9.17) is 49.7 Å². The average molecular weight is 486 g/mol. The fourth-order valence-electron chi connectivity index (χ4n) is 2.23. The van der Waals surface area contributed by atoms with E-state index in [0.29, 0.717) is 38.8 Å². The summed E-state index contributed by atoms with van der Waals surface area (Å²) in [5, 5.41) is 25.2. The van der Waals surface area contributed by atoms with Crippen LogP contribution in [0.2, 0.25) is 0 Å². The number of guanidine groups is 1. The molecule has 0 heterocycles. The smallest absolute Gasteiger partial charge is 0.320 e. The van der Waals surface area contributed by atoms with Gasteiger partial charge in [-0.1, -0.05) is 36.8 Å². The first-order valence-electron chi connectivity index (χ1n) is 10.7. The number of nitrogens with two attached hydrogens (primary N) is 6. The van der Waals surface area contributed by atoms with Gasteiger partial charge in [0.1, 0.15) is 18.1 Å². The Kier molecular flexibility index (Phi) is 19.7. The number of carboxylic acid groups (broad SMARTS) is 3. The van der Waals surface area contributed by atoms with E-state index < -0.39 is 36.0 Å². The van der Waals surface area contributed by atoms with Crippen molar-refractivity contribution in [2.45, 2.75) is 56.7 Å². The van der Waals surface area contributed by atoms with Gasteiger partial charge in [-0.2, -0.15) is 0 Å². The summed E-state index contributed by atoms with van der Waals surface area (Å²) in [5.41, 5.74) is 32.0. The van der Waals surface area contributed by atoms with Gasteiger partial charge in [-0.05, 0) is 44.2 Å². The average Bonchev–Trinajstić information content (AvgIpc) is 2.77. The second-order valence-electron chi connectivity index (χ2n) is 7.26. The second kappa shape index (κ2) is 20.4. The topological polar surface area (TPSA) is 280 Å². The van der Waals surface area contributed by atoms with Crippen LogP contribution in [0.3, 0.4) is 0 Å². The van der Waals surface area contributed by atoms with Crippen molar-refractivity contribution in [1.82, 2.24) is 0 Å². The number of aliphatic imine (C=N–C) groups is 1. The van der Waals surface area contributed by atoms with Crippen molar-refractivity contribution in [3.8, 4) is 0 Å². The van der Waals surface area contributed by atoms with Crippen LogP contribution in [0, 0.1) is 0 Å². The summed E-state index contributed by atoms with van der Waals surface area (Å²) in [4.78, 5) is 34.4. The zero-order valence-corrected chi connectivity index (χ0v) is 19.3. The Bertz CT molecular complexity index is 730. The summed E-state index contributed by atoms with van der Waals surface area (Å²) in [7, 11) is 0. The minimum Gasteiger partial charge on any atom is -0.480 e. The van der Waals surface area contributed by atoms with E-state index in [1.165, 1.54) is 0 Å². The summed E-state index contributed by atoms with van der Waals surface area (Å²) < 4.78 is 0. The highest BCUT2D eigenvalue weighted by Crippen LogP contribution is 2.01. The highest BCUT2D eigenvalue weighted by molar-refractivity contribution is 5.75. The molecule has 0 bridgehead atoms. The van der Waals surface area contributed by atoms with Crippen molar-refractivity contribution < 1.29 is 29.7 Å². The van der Waals surface area contributed by atoms with Crippen LogP contribution in [0.4, 0.5) is 0 Å². The molecule has 3 atom stereocenters. The number of hydrogen-bond donors (Lipinski definition) is 9. The minimum atomic E-state index is -1.00. The molecular formula is C21H39N7O6. The van der Waals surface area contributed by atoms with Crippen LogP contribution < -0.4 is 34.4 Å². The minimum absolute atomic E-state index is 0.0129. The van der Waals surface area contributed by atoms with Gasteiger partial charge in [-0.3, -0.25) is 19.4 Å². The van der Waals surface area contributed by atoms with Crippen molar-refractivity contribution in [1.29, 1.82) is 0 Å². The molecule has 194 valence electrons. The molecule has 1 aromatic rings. The summed E-state index contributed by atoms with van der Waals surface area (Å²) >= 11 is 0. The van der Waals surface area contributed by atoms with E-state index in [1.807, 2.05) is 30.3 Å². The quantitative estimate of drug-likeness (QED) is 0.0887. The Balaban J connectivity index is 0. The Morgan fingerprint density at radius 3 is 1.65 bits per heavy atom. The third kappa shape index (κ3) is 20.6. The Morgan fingerprint density at radius 2 is 1.24 bits per heavy atom. The van der Waals surface area contributed by atoms with E-state index in [9.17, 15) is 14.4 Å². The van der Waals surface area contributed by atoms with E-state index in [0.717, 1.165) is 18.4 Å². The molecule has 0 aliphatic carbocycles. The maximum atomic E-state index is 10.4. The van der Waals surface area contributed by atoms with Gasteiger partial charge in [0.05, 0.1) is 0 Å². The van der Waals surface area contributed by atoms with Crippen molar-refractivity contribution in [3.63, 3.8) is 0 Å². The van der Waals surface area contributed by atoms with Crippen molar-refractivity contribution in [2.75, 3.05) is 13.1 Å². The zero-order chi connectivity index (χ0) is 26.5. The van der Waals surface area contributed by atoms with Gasteiger partial charge >= 0.3 is 17.9 Å². The van der Waals surface area contributed by atoms with E-state index in [2.05, 4.69) is 4.99 Å². The molecule has 0 spiro atoms. The Morgan fingerprint density at radius 1 is 0.765 bits per heavy atom. The molecule has 15 N–H and O–H groups in total. The number of nitrogens with zero attached hydrogens (tertiary/aromatic N) is 1. The number of aliphatic carboxylic acids is 3. The molecule has 0 aliphatic rings. The van der Waals surface area contributed by atoms with Crippen molar-refractivity contribution in [3.05, 3.63) is 35.9 Å². The van der Waals surface area contributed by atoms with Gasteiger partial charge in [0.25, 0.3) is 0 Å². The lowest BCUT2D eigenvalue weighted by atomic mass is 10.1. The predicted octanol–water partition coefficient (Wildman–Crippen LogP) is -1.38. The number of hydrogen-bond acceptors (Lipinski definition) is 8. The van der Waals surface area contributed by atoms with Gasteiger partial charge < -0.3 is 49.7 Å². The fraction of sp³-hybridized carbons (Fsp3) is 0.524. The summed E-state index contributed by atoms with van der Waals surface area (Å²) in [6, 6.07) is 7.01. The molecular weight excluding hydrogens is 446 g/mol. The molecule has 0 amide bonds. The lowest BCUT2D eigenvalue weighted by molar-refractivity contribution is -0.139. The van der Waals surface area contributed by atoms with E-state index in [-0.39, 0.29) is 5.96 Å². The van der Waals surface area contributed by atoms with Gasteiger partial charge in [-0.25, -0.2) is 0 Å². The molecule has 0 aliphatic heterocycles. The van der Waals surface area contributed by atoms with Crippen LogP contribution in [0.15, 0.2) is 35.3 Å². The molecule has 1 rings (SSSR count). The summed E-state index contributed by atoms with van der Waals surface area (Å²) in [5.74, 6) is -2.88. The zero-order valence-electron chi connectivity index (χ0n) is 19.3. The van der Waals surface area contributed by atoms with E-state index in [1.54, 1.807) is 0 Å². The molecule has 3 unspecified atom stereocenters. The van der Waals surface area contributed by atoms with Crippen LogP contribution in [0.5, 0.6) is 0 Å². The lowest BCUT2D eigenvalue weighted by Gasteiger charge is -2.04. The fourth-order valence-corrected chi connectivity index (χ4v) is 2.23. The van der Waals surface area contributed by atoms with Gasteiger partial charge in [0, 0.05) is 6.54 Å². The number of benzene rings is 1. The predicted molar refractivity (Wildman–Crippen MR) is 130 cm³/mol. The molecule has 13 nitrogen and oxygen atoms in total. The standard InChI is InChI=1S/C9H11NO2.C6H14N4O2.C6H14N2O2/c10-8(9(11)12)6-7-4-2-1-3-5-7;7-4(5(11)12)2-1-3-10-6(8)9;7-4-2-1-3-5(8)6(9)10/h1-5,8H,6,10H2,(H,11,12);4H,1-3,7H2,(H,11,12)(H4,8,9,10);5H,1-4,7-8H2,(H,9,10). The third-order valence-electron chi connectivity index (χ3n) is 4.19. The monoisotopic (exact) mass is 485 g/mol. The summed E-state index contributed by atoms with van der Waals surface area (Å²) in [6.45, 7) is 1.02. The van der Waals surface area contributed by atoms with Crippen LogP contribution in [0.1, 0.15) is 37.7 Å². The normalized spacial score (nSPS) is 12.5. The first-order valence-corrected chi connectivity index (χ1v) is 10.7. The maximum Gasteiger partial charge on any atom is 0.320 e. The highest BCUT2D eigenvalue weighted by Gasteiger charge is 2.11. The van der Waals surface area contributed by atoms with Gasteiger partial charge in [-0.15, -0.1) is 0 Å². The first-order chi connectivity index (χ1) is 15.9. The number of carboxylic acids is 3. The van der Waals surface area contributed by atoms with Crippen LogP contribution in [0.25, 0.3) is 0 Å². The van der Waals surface area contributed by atoms with Gasteiger partial charge in [0.15, 0.2) is 5.96 Å². The van der Waals surface area contributed by atoms with Crippen LogP contribution in [-0.4, -0.2) is 70.4 Å². The maximum absolute atomic E-state index is 10.4. The largest absolute Gasteiger partial charge is 0.480 e. The first kappa shape index (κ1) is 32.9. The number of carbonyl (C=O) groups is 3. The molecule has 34 heavy (non-hydrogen) atoms. The molecule has 0 aromatic heterocycles. The van der Waals surface area contributed by atoms with Crippen LogP contribution >= 0.6 is 0 Å². The number of unbranched alkanes of at least 4 members (excludes halogenated alkanes) is 1. The summed E-state index contributed by atoms with van der Waals surface area (Å²) in [6.07, 6.45) is 3.51. The molecule has 1 aromatic carbocycles. The van der Waals surface area contributed by atoms with Crippen molar-refractivity contribution >= 4 is 23.9 Å². The van der Waals surface area contributed by atoms with Crippen LogP contribution in [-0.2, 0) is 20.8 Å². The SMILES string of the molecule is NC(Cc1ccccc1)C(=O)O.NC(N)=NCCCC(N)C(=O)O.NCCCCC(N)C(=O)O. The Hall–Kier alpha value is -3.26. The van der Waals surface area contributed by atoms with E-state index >= 15 is 0 Å². The molecule has 0 radical (unpaired) electrons. The number of rotatable bonds is 13. The van der Waals surface area contributed by atoms with Gasteiger partial charge in [0.2, 0.25) is 0 Å².